The van der Waals surface area contributed by atoms with Crippen LogP contribution in [0.2, 0.25) is 0 Å². The molecule has 0 unspecified atom stereocenters. The molecule has 0 saturated carbocycles. The summed E-state index contributed by atoms with van der Waals surface area (Å²) < 4.78 is 1.59. The third kappa shape index (κ3) is 2.31. The molecule has 1 fully saturated rings. The molecule has 9 heteroatoms. The highest BCUT2D eigenvalue weighted by atomic mass is 16.7. The van der Waals surface area contributed by atoms with E-state index in [0.29, 0.717) is 12.2 Å². The molecular formula is C17H16N6O3. The van der Waals surface area contributed by atoms with Crippen LogP contribution < -0.4 is 0 Å². The Morgan fingerprint density at radius 1 is 1.46 bits per heavy atom. The quantitative estimate of drug-likeness (QED) is 0.512. The number of rotatable bonds is 4. The average molecular weight is 352 g/mol. The van der Waals surface area contributed by atoms with E-state index in [2.05, 4.69) is 10.3 Å². The maximum Gasteiger partial charge on any atom is 0.345 e. The largest absolute Gasteiger partial charge is 0.410 e. The normalized spacial score (nSPS) is 21.7. The van der Waals surface area contributed by atoms with Gasteiger partial charge in [0.25, 0.3) is 0 Å². The number of hydrogen-bond donors (Lipinski definition) is 1. The first-order valence-corrected chi connectivity index (χ1v) is 8.06. The number of aryl methyl sites for hydroxylation is 1. The minimum absolute atomic E-state index is 0.161. The van der Waals surface area contributed by atoms with Crippen LogP contribution in [0.15, 0.2) is 41.7 Å². The summed E-state index contributed by atoms with van der Waals surface area (Å²) in [5.41, 5.74) is 2.21. The molecule has 2 aliphatic heterocycles. The van der Waals surface area contributed by atoms with Crippen molar-refractivity contribution in [2.45, 2.75) is 18.7 Å². The van der Waals surface area contributed by atoms with E-state index in [4.69, 9.17) is 4.84 Å². The van der Waals surface area contributed by atoms with Gasteiger partial charge in [-0.25, -0.2) is 4.79 Å². The number of carbonyl (C=O) groups excluding carboxylic acids is 1. The lowest BCUT2D eigenvalue weighted by atomic mass is 9.95. The van der Waals surface area contributed by atoms with Gasteiger partial charge in [-0.15, -0.1) is 0 Å². The van der Waals surface area contributed by atoms with E-state index < -0.39 is 6.04 Å². The number of oxime groups is 1. The van der Waals surface area contributed by atoms with Crippen LogP contribution >= 0.6 is 0 Å². The number of nitriles is 1. The Morgan fingerprint density at radius 3 is 2.92 bits per heavy atom. The summed E-state index contributed by atoms with van der Waals surface area (Å²) in [6.45, 7) is 0.577. The molecule has 2 bridgehead atoms. The van der Waals surface area contributed by atoms with Crippen molar-refractivity contribution in [2.24, 2.45) is 12.2 Å². The van der Waals surface area contributed by atoms with Crippen LogP contribution in [0.4, 0.5) is 4.79 Å². The second-order valence-corrected chi connectivity index (χ2v) is 6.14. The van der Waals surface area contributed by atoms with Gasteiger partial charge in [0.1, 0.15) is 24.8 Å². The second-order valence-electron chi connectivity index (χ2n) is 6.14. The van der Waals surface area contributed by atoms with E-state index in [0.717, 1.165) is 11.1 Å². The van der Waals surface area contributed by atoms with E-state index in [9.17, 15) is 15.3 Å². The number of hydroxylamine groups is 2. The maximum absolute atomic E-state index is 12.9. The standard InChI is InChI=1S/C17H16N6O3/c1-21-15-12(8-19-21)14-9-22(16(15)13(7-18)20-25)17(24)23(14)26-10-11-5-3-2-4-6-11/h2-6,8,14,16,25H,9-10H2,1H3/b20-13+/t14-,16+/m0/s1. The Balaban J connectivity index is 1.68. The summed E-state index contributed by atoms with van der Waals surface area (Å²) >= 11 is 0. The van der Waals surface area contributed by atoms with Gasteiger partial charge in [0.15, 0.2) is 5.71 Å². The average Bonchev–Trinajstić information content (AvgIpc) is 3.18. The van der Waals surface area contributed by atoms with Gasteiger partial charge in [-0.05, 0) is 5.56 Å². The van der Waals surface area contributed by atoms with Crippen LogP contribution in [-0.2, 0) is 18.5 Å². The number of benzene rings is 1. The summed E-state index contributed by atoms with van der Waals surface area (Å²) in [4.78, 5) is 20.2. The van der Waals surface area contributed by atoms with Crippen molar-refractivity contribution in [3.8, 4) is 6.07 Å². The molecule has 0 spiro atoms. The number of hydrogen-bond acceptors (Lipinski definition) is 6. The van der Waals surface area contributed by atoms with Gasteiger partial charge < -0.3 is 10.1 Å². The Hall–Kier alpha value is -3.38. The summed E-state index contributed by atoms with van der Waals surface area (Å²) in [5.74, 6) is 0. The Morgan fingerprint density at radius 2 is 2.23 bits per heavy atom. The zero-order chi connectivity index (χ0) is 18.3. The Bertz CT molecular complexity index is 916. The predicted molar refractivity (Wildman–Crippen MR) is 88.7 cm³/mol. The van der Waals surface area contributed by atoms with Gasteiger partial charge in [0.2, 0.25) is 0 Å². The first kappa shape index (κ1) is 16.1. The van der Waals surface area contributed by atoms with E-state index in [1.54, 1.807) is 17.9 Å². The summed E-state index contributed by atoms with van der Waals surface area (Å²) in [6, 6.07) is 9.91. The van der Waals surface area contributed by atoms with E-state index in [1.165, 1.54) is 9.96 Å². The van der Waals surface area contributed by atoms with Gasteiger partial charge in [0.05, 0.1) is 18.4 Å². The molecule has 2 aliphatic rings. The van der Waals surface area contributed by atoms with Crippen LogP contribution in [0, 0.1) is 11.3 Å². The SMILES string of the molecule is Cn1ncc2c1[C@@H](/C(C#N)=N/O)N1C[C@@H]2N(OCc2ccccc2)C1=O. The molecular weight excluding hydrogens is 336 g/mol. The second kappa shape index (κ2) is 6.16. The van der Waals surface area contributed by atoms with Crippen molar-refractivity contribution in [1.82, 2.24) is 19.7 Å². The molecule has 26 heavy (non-hydrogen) atoms. The van der Waals surface area contributed by atoms with Crippen LogP contribution in [0.5, 0.6) is 0 Å². The number of urea groups is 1. The third-order valence-corrected chi connectivity index (χ3v) is 4.73. The number of nitrogens with zero attached hydrogens (tertiary/aromatic N) is 6. The van der Waals surface area contributed by atoms with Crippen molar-refractivity contribution >= 4 is 11.7 Å². The molecule has 2 atom stereocenters. The topological polar surface area (TPSA) is 107 Å². The first-order valence-electron chi connectivity index (χ1n) is 8.06. The summed E-state index contributed by atoms with van der Waals surface area (Å²) in [5, 5.41) is 27.2. The number of fused-ring (bicyclic) bond motifs is 4. The molecule has 0 radical (unpaired) electrons. The van der Waals surface area contributed by atoms with Crippen LogP contribution in [0.3, 0.4) is 0 Å². The predicted octanol–water partition coefficient (Wildman–Crippen LogP) is 1.74. The molecule has 2 aromatic rings. The minimum Gasteiger partial charge on any atom is -0.410 e. The zero-order valence-corrected chi connectivity index (χ0v) is 14.0. The Kier molecular flexibility index (Phi) is 3.82. The van der Waals surface area contributed by atoms with Gasteiger partial charge in [-0.3, -0.25) is 9.52 Å². The minimum atomic E-state index is -0.790. The number of amides is 2. The van der Waals surface area contributed by atoms with E-state index in [1.807, 2.05) is 36.4 Å². The van der Waals surface area contributed by atoms with E-state index in [-0.39, 0.29) is 24.4 Å². The molecule has 4 rings (SSSR count). The summed E-state index contributed by atoms with van der Waals surface area (Å²) in [6.07, 6.45) is 1.66. The Labute approximate surface area is 149 Å². The molecule has 132 valence electrons. The molecule has 1 N–H and O–H groups in total. The highest BCUT2D eigenvalue weighted by molar-refractivity contribution is 6.05. The molecule has 2 amide bonds. The van der Waals surface area contributed by atoms with Crippen molar-refractivity contribution in [3.63, 3.8) is 0 Å². The number of aromatic nitrogens is 2. The van der Waals surface area contributed by atoms with Crippen LogP contribution in [0.25, 0.3) is 0 Å². The lowest BCUT2D eigenvalue weighted by Gasteiger charge is -2.29. The monoisotopic (exact) mass is 352 g/mol. The highest BCUT2D eigenvalue weighted by Crippen LogP contribution is 2.44. The third-order valence-electron chi connectivity index (χ3n) is 4.73. The molecule has 0 aliphatic carbocycles. The van der Waals surface area contributed by atoms with Gasteiger partial charge in [-0.1, -0.05) is 35.5 Å². The molecule has 1 saturated heterocycles. The van der Waals surface area contributed by atoms with Gasteiger partial charge >= 0.3 is 6.03 Å². The van der Waals surface area contributed by atoms with Crippen LogP contribution in [0.1, 0.15) is 28.9 Å². The van der Waals surface area contributed by atoms with Gasteiger partial charge in [0, 0.05) is 12.6 Å². The highest BCUT2D eigenvalue weighted by Gasteiger charge is 2.52. The fourth-order valence-corrected chi connectivity index (χ4v) is 3.52. The van der Waals surface area contributed by atoms with Crippen molar-refractivity contribution in [2.75, 3.05) is 6.54 Å². The molecule has 3 heterocycles. The van der Waals surface area contributed by atoms with Crippen molar-refractivity contribution in [3.05, 3.63) is 53.3 Å². The number of carbonyl (C=O) groups is 1. The molecule has 1 aromatic carbocycles. The van der Waals surface area contributed by atoms with Crippen molar-refractivity contribution < 1.29 is 14.8 Å². The summed E-state index contributed by atoms with van der Waals surface area (Å²) in [7, 11) is 1.73. The van der Waals surface area contributed by atoms with Gasteiger partial charge in [-0.2, -0.15) is 15.4 Å². The molecule has 1 aromatic heterocycles. The maximum atomic E-state index is 12.9. The first-order chi connectivity index (χ1) is 12.7. The van der Waals surface area contributed by atoms with Crippen molar-refractivity contribution in [1.29, 1.82) is 5.26 Å². The smallest absolute Gasteiger partial charge is 0.345 e. The zero-order valence-electron chi connectivity index (χ0n) is 14.0. The van der Waals surface area contributed by atoms with Crippen LogP contribution in [-0.4, -0.2) is 43.2 Å². The fourth-order valence-electron chi connectivity index (χ4n) is 3.52. The van der Waals surface area contributed by atoms with E-state index >= 15 is 0 Å². The molecule has 9 nitrogen and oxygen atoms in total. The lowest BCUT2D eigenvalue weighted by Crippen LogP contribution is -2.39. The fraction of sp³-hybridized carbons (Fsp3) is 0.294. The lowest BCUT2D eigenvalue weighted by molar-refractivity contribution is -0.141.